The molecule has 1 amide bonds. The molecular formula is C29H30F3N5O3. The van der Waals surface area contributed by atoms with Gasteiger partial charge in [0.15, 0.2) is 11.5 Å². The van der Waals surface area contributed by atoms with Crippen molar-refractivity contribution in [2.24, 2.45) is 0 Å². The van der Waals surface area contributed by atoms with E-state index in [9.17, 15) is 18.0 Å². The Morgan fingerprint density at radius 3 is 2.62 bits per heavy atom. The fourth-order valence-corrected chi connectivity index (χ4v) is 5.89. The van der Waals surface area contributed by atoms with Crippen LogP contribution in [0.25, 0.3) is 0 Å². The first-order chi connectivity index (χ1) is 19.1. The van der Waals surface area contributed by atoms with Gasteiger partial charge in [0, 0.05) is 17.4 Å². The van der Waals surface area contributed by atoms with Crippen LogP contribution in [0, 0.1) is 0 Å². The first-order valence-electron chi connectivity index (χ1n) is 13.4. The summed E-state index contributed by atoms with van der Waals surface area (Å²) in [5.41, 5.74) is 2.12. The maximum absolute atomic E-state index is 13.9. The summed E-state index contributed by atoms with van der Waals surface area (Å²) in [6.07, 6.45) is -1.54. The number of anilines is 3. The highest BCUT2D eigenvalue weighted by Gasteiger charge is 2.40. The quantitative estimate of drug-likeness (QED) is 0.374. The van der Waals surface area contributed by atoms with Gasteiger partial charge in [0.05, 0.1) is 22.4 Å². The largest absolute Gasteiger partial charge is 0.453 e. The zero-order valence-corrected chi connectivity index (χ0v) is 22.2. The van der Waals surface area contributed by atoms with Crippen LogP contribution in [0.5, 0.6) is 11.5 Å². The third-order valence-corrected chi connectivity index (χ3v) is 7.97. The second-order valence-electron chi connectivity index (χ2n) is 10.9. The number of hydrogen-bond donors (Lipinski definition) is 3. The molecular weight excluding hydrogens is 523 g/mol. The molecule has 0 spiro atoms. The van der Waals surface area contributed by atoms with Gasteiger partial charge in [-0.05, 0) is 81.8 Å². The normalized spacial score (nSPS) is 18.0. The molecule has 0 unspecified atom stereocenters. The number of nitrogens with one attached hydrogen (secondary N) is 3. The number of halogens is 3. The number of ether oxygens (including phenoxy) is 2. The molecule has 3 aliphatic rings. The molecule has 3 aromatic rings. The Morgan fingerprint density at radius 2 is 1.85 bits per heavy atom. The molecule has 0 bridgehead atoms. The number of alkyl halides is 3. The number of amides is 1. The summed E-state index contributed by atoms with van der Waals surface area (Å²) in [4.78, 5) is 20.7. The smallest absolute Gasteiger partial charge is 0.419 e. The monoisotopic (exact) mass is 553 g/mol. The van der Waals surface area contributed by atoms with Crippen molar-refractivity contribution in [3.05, 3.63) is 64.5 Å². The minimum atomic E-state index is -4.61. The zero-order valence-electron chi connectivity index (χ0n) is 22.2. The highest BCUT2D eigenvalue weighted by Crippen LogP contribution is 2.47. The molecule has 0 aliphatic carbocycles. The number of nitrogens with zero attached hydrogens (tertiary/aromatic N) is 2. The van der Waals surface area contributed by atoms with Crippen molar-refractivity contribution in [2.45, 2.75) is 57.0 Å². The van der Waals surface area contributed by atoms with Gasteiger partial charge in [-0.2, -0.15) is 13.2 Å². The lowest BCUT2D eigenvalue weighted by Gasteiger charge is -2.24. The van der Waals surface area contributed by atoms with Gasteiger partial charge in [-0.15, -0.1) is 0 Å². The number of carbonyl (C=O) groups excluding carboxylic acids is 1. The van der Waals surface area contributed by atoms with Crippen LogP contribution < -0.4 is 25.4 Å². The maximum atomic E-state index is 13.9. The van der Waals surface area contributed by atoms with Gasteiger partial charge in [0.2, 0.25) is 18.6 Å². The van der Waals surface area contributed by atoms with Gasteiger partial charge in [0.1, 0.15) is 0 Å². The van der Waals surface area contributed by atoms with Gasteiger partial charge in [0.25, 0.3) is 0 Å². The number of benzene rings is 2. The molecule has 0 atom stereocenters. The standard InChI is InChI=1S/C29H30F3N5O3/c1-28(2)23-17(4-3-5-21(23)35-26(28)38)6-8-20-19(29(30,31)32)14-34-27(36-20)37-22-9-7-18(16-10-12-33-13-11-16)24-25(22)40-15-39-24/h3-5,7,9,14,16,33H,6,8,10-13,15H2,1-2H3,(H,35,38)(H,34,36,37). The number of aryl methyl sites for hydroxylation is 2. The first kappa shape index (κ1) is 26.4. The molecule has 1 fully saturated rings. The summed E-state index contributed by atoms with van der Waals surface area (Å²) in [6.45, 7) is 5.55. The molecule has 1 saturated heterocycles. The molecule has 8 nitrogen and oxygen atoms in total. The summed E-state index contributed by atoms with van der Waals surface area (Å²) in [5, 5.41) is 9.27. The summed E-state index contributed by atoms with van der Waals surface area (Å²) in [7, 11) is 0. The average molecular weight is 554 g/mol. The third kappa shape index (κ3) is 4.72. The van der Waals surface area contributed by atoms with Crippen LogP contribution in [0.4, 0.5) is 30.5 Å². The molecule has 4 heterocycles. The fourth-order valence-electron chi connectivity index (χ4n) is 5.89. The van der Waals surface area contributed by atoms with Crippen LogP contribution in [-0.4, -0.2) is 35.8 Å². The molecule has 210 valence electrons. The topological polar surface area (TPSA) is 97.4 Å². The van der Waals surface area contributed by atoms with Crippen molar-refractivity contribution in [3.63, 3.8) is 0 Å². The molecule has 6 rings (SSSR count). The van der Waals surface area contributed by atoms with E-state index >= 15 is 0 Å². The number of carbonyl (C=O) groups is 1. The van der Waals surface area contributed by atoms with Crippen LogP contribution >= 0.6 is 0 Å². The molecule has 1 aromatic heterocycles. The summed E-state index contributed by atoms with van der Waals surface area (Å²) in [6, 6.07) is 9.26. The van der Waals surface area contributed by atoms with E-state index in [4.69, 9.17) is 9.47 Å². The van der Waals surface area contributed by atoms with E-state index in [1.165, 1.54) is 0 Å². The molecule has 3 aliphatic heterocycles. The highest BCUT2D eigenvalue weighted by molar-refractivity contribution is 6.06. The van der Waals surface area contributed by atoms with Crippen LogP contribution in [0.3, 0.4) is 0 Å². The van der Waals surface area contributed by atoms with Crippen molar-refractivity contribution in [1.82, 2.24) is 15.3 Å². The Hall–Kier alpha value is -3.86. The van der Waals surface area contributed by atoms with E-state index in [1.807, 2.05) is 32.0 Å². The lowest BCUT2D eigenvalue weighted by Crippen LogP contribution is -2.27. The molecule has 40 heavy (non-hydrogen) atoms. The van der Waals surface area contributed by atoms with E-state index in [2.05, 4.69) is 25.9 Å². The second-order valence-corrected chi connectivity index (χ2v) is 10.9. The van der Waals surface area contributed by atoms with Crippen molar-refractivity contribution in [2.75, 3.05) is 30.5 Å². The fraction of sp³-hybridized carbons (Fsp3) is 0.414. The predicted octanol–water partition coefficient (Wildman–Crippen LogP) is 5.45. The molecule has 3 N–H and O–H groups in total. The molecule has 0 saturated carbocycles. The van der Waals surface area contributed by atoms with E-state index < -0.39 is 17.2 Å². The number of piperidine rings is 1. The van der Waals surface area contributed by atoms with Gasteiger partial charge < -0.3 is 25.4 Å². The Kier molecular flexibility index (Phi) is 6.56. The second kappa shape index (κ2) is 9.96. The average Bonchev–Trinajstić information content (AvgIpc) is 3.51. The van der Waals surface area contributed by atoms with Crippen molar-refractivity contribution in [3.8, 4) is 11.5 Å². The minimum absolute atomic E-state index is 0.0130. The third-order valence-electron chi connectivity index (χ3n) is 7.97. The summed E-state index contributed by atoms with van der Waals surface area (Å²) >= 11 is 0. The zero-order chi connectivity index (χ0) is 28.1. The van der Waals surface area contributed by atoms with Crippen LogP contribution in [0.1, 0.15) is 60.6 Å². The first-order valence-corrected chi connectivity index (χ1v) is 13.4. The van der Waals surface area contributed by atoms with Crippen molar-refractivity contribution < 1.29 is 27.4 Å². The Balaban J connectivity index is 1.29. The Labute approximate surface area is 229 Å². The van der Waals surface area contributed by atoms with E-state index in [0.29, 0.717) is 28.8 Å². The van der Waals surface area contributed by atoms with Gasteiger partial charge in [-0.1, -0.05) is 18.2 Å². The van der Waals surface area contributed by atoms with E-state index in [0.717, 1.165) is 48.8 Å². The molecule has 11 heteroatoms. The van der Waals surface area contributed by atoms with Crippen LogP contribution in [-0.2, 0) is 29.2 Å². The molecule has 0 radical (unpaired) electrons. The molecule has 2 aromatic carbocycles. The lowest BCUT2D eigenvalue weighted by atomic mass is 9.82. The Bertz CT molecular complexity index is 1470. The van der Waals surface area contributed by atoms with Crippen molar-refractivity contribution >= 4 is 23.2 Å². The van der Waals surface area contributed by atoms with Gasteiger partial charge in [-0.3, -0.25) is 4.79 Å². The Morgan fingerprint density at radius 1 is 1.07 bits per heavy atom. The van der Waals surface area contributed by atoms with Crippen LogP contribution in [0.15, 0.2) is 36.5 Å². The van der Waals surface area contributed by atoms with Crippen molar-refractivity contribution in [1.29, 1.82) is 0 Å². The van der Waals surface area contributed by atoms with E-state index in [1.54, 1.807) is 12.1 Å². The summed E-state index contributed by atoms with van der Waals surface area (Å²) in [5.74, 6) is 1.41. The van der Waals surface area contributed by atoms with Gasteiger partial charge in [-0.25, -0.2) is 9.97 Å². The lowest BCUT2D eigenvalue weighted by molar-refractivity contribution is -0.138. The van der Waals surface area contributed by atoms with Crippen LogP contribution in [0.2, 0.25) is 0 Å². The predicted molar refractivity (Wildman–Crippen MR) is 143 cm³/mol. The SMILES string of the molecule is CC1(C)C(=O)Nc2cccc(CCc3nc(Nc4ccc(C5CCNCC5)c5c4OCO5)ncc3C(F)(F)F)c21. The summed E-state index contributed by atoms with van der Waals surface area (Å²) < 4.78 is 53.3. The number of hydrogen-bond acceptors (Lipinski definition) is 7. The number of aromatic nitrogens is 2. The highest BCUT2D eigenvalue weighted by atomic mass is 19.4. The van der Waals surface area contributed by atoms with E-state index in [-0.39, 0.29) is 37.2 Å². The number of rotatable bonds is 6. The van der Waals surface area contributed by atoms with Gasteiger partial charge >= 0.3 is 6.18 Å². The maximum Gasteiger partial charge on any atom is 0.419 e. The minimum Gasteiger partial charge on any atom is -0.453 e. The number of fused-ring (bicyclic) bond motifs is 2.